The van der Waals surface area contributed by atoms with Gasteiger partial charge in [-0.2, -0.15) is 5.10 Å². The average Bonchev–Trinajstić information content (AvgIpc) is 3.17. The number of nitro groups is 1. The molecule has 29 heavy (non-hydrogen) atoms. The van der Waals surface area contributed by atoms with E-state index in [1.807, 2.05) is 6.92 Å². The minimum Gasteiger partial charge on any atom is -0.484 e. The summed E-state index contributed by atoms with van der Waals surface area (Å²) in [6, 6.07) is 14.5. The smallest absolute Gasteiger partial charge is 0.280 e. The number of hydrogen-bond donors (Lipinski definition) is 1. The van der Waals surface area contributed by atoms with Crippen molar-refractivity contribution in [2.75, 3.05) is 6.61 Å². The lowest BCUT2D eigenvalue weighted by Gasteiger charge is -2.06. The van der Waals surface area contributed by atoms with Crippen LogP contribution in [0.2, 0.25) is 5.02 Å². The number of rotatable bonds is 7. The number of nitrogens with zero attached hydrogens (tertiary/aromatic N) is 2. The van der Waals surface area contributed by atoms with Gasteiger partial charge in [0, 0.05) is 11.1 Å². The van der Waals surface area contributed by atoms with Gasteiger partial charge in [-0.3, -0.25) is 14.9 Å². The molecule has 148 valence electrons. The van der Waals surface area contributed by atoms with Crippen LogP contribution < -0.4 is 10.2 Å². The zero-order valence-electron chi connectivity index (χ0n) is 15.3. The molecule has 0 atom stereocenters. The summed E-state index contributed by atoms with van der Waals surface area (Å²) in [4.78, 5) is 22.5. The molecule has 1 N–H and O–H groups in total. The summed E-state index contributed by atoms with van der Waals surface area (Å²) in [5.74, 6) is 0.713. The second-order valence-electron chi connectivity index (χ2n) is 5.97. The van der Waals surface area contributed by atoms with Crippen molar-refractivity contribution in [2.45, 2.75) is 6.92 Å². The number of furan rings is 1. The van der Waals surface area contributed by atoms with Crippen LogP contribution in [0.5, 0.6) is 5.75 Å². The highest BCUT2D eigenvalue weighted by Crippen LogP contribution is 2.30. The van der Waals surface area contributed by atoms with E-state index < -0.39 is 10.8 Å². The number of halogens is 1. The molecule has 0 bridgehead atoms. The normalized spacial score (nSPS) is 10.8. The molecule has 0 saturated carbocycles. The fraction of sp³-hybridized carbons (Fsp3) is 0.100. The molecule has 8 nitrogen and oxygen atoms in total. The Balaban J connectivity index is 1.56. The van der Waals surface area contributed by atoms with Crippen LogP contribution in [0, 0.1) is 17.0 Å². The minimum absolute atomic E-state index is 0.0618. The Labute approximate surface area is 170 Å². The highest BCUT2D eigenvalue weighted by molar-refractivity contribution is 6.31. The van der Waals surface area contributed by atoms with E-state index in [-0.39, 0.29) is 12.3 Å². The van der Waals surface area contributed by atoms with Gasteiger partial charge in [-0.15, -0.1) is 0 Å². The maximum absolute atomic E-state index is 11.8. The minimum atomic E-state index is -0.478. The number of nitrogens with one attached hydrogen (secondary N) is 1. The number of amides is 1. The number of aryl methyl sites for hydroxylation is 1. The highest BCUT2D eigenvalue weighted by atomic mass is 35.5. The SMILES string of the molecule is Cc1cc(OCC(=O)NN=Cc2ccc(-c3ccccc3[N+](=O)[O-])o2)ccc1Cl. The molecule has 0 aliphatic carbocycles. The Morgan fingerprint density at radius 2 is 2.07 bits per heavy atom. The first-order valence-corrected chi connectivity index (χ1v) is 8.86. The van der Waals surface area contributed by atoms with Crippen LogP contribution in [0.15, 0.2) is 64.1 Å². The second-order valence-corrected chi connectivity index (χ2v) is 6.38. The first-order chi connectivity index (χ1) is 13.9. The van der Waals surface area contributed by atoms with E-state index in [4.69, 9.17) is 20.8 Å². The lowest BCUT2D eigenvalue weighted by Crippen LogP contribution is -2.24. The van der Waals surface area contributed by atoms with E-state index in [0.29, 0.717) is 27.9 Å². The summed E-state index contributed by atoms with van der Waals surface area (Å²) in [5, 5.41) is 15.5. The van der Waals surface area contributed by atoms with Crippen LogP contribution in [0.1, 0.15) is 11.3 Å². The maximum Gasteiger partial charge on any atom is 0.280 e. The molecule has 0 saturated heterocycles. The summed E-state index contributed by atoms with van der Waals surface area (Å²) in [5.41, 5.74) is 3.45. The Kier molecular flexibility index (Phi) is 6.25. The highest BCUT2D eigenvalue weighted by Gasteiger charge is 2.16. The molecule has 9 heteroatoms. The Morgan fingerprint density at radius 1 is 1.28 bits per heavy atom. The predicted octanol–water partition coefficient (Wildman–Crippen LogP) is 4.35. The maximum atomic E-state index is 11.8. The van der Waals surface area contributed by atoms with E-state index >= 15 is 0 Å². The molecule has 0 spiro atoms. The average molecular weight is 414 g/mol. The Bertz CT molecular complexity index is 1080. The Morgan fingerprint density at radius 3 is 2.83 bits per heavy atom. The van der Waals surface area contributed by atoms with Gasteiger partial charge < -0.3 is 9.15 Å². The standard InChI is InChI=1S/C20H16ClN3O5/c1-13-10-14(6-8-17(13)21)28-12-20(25)23-22-11-15-7-9-19(29-15)16-4-2-3-5-18(16)24(26)27/h2-11H,12H2,1H3,(H,23,25). The van der Waals surface area contributed by atoms with Crippen LogP contribution in [0.25, 0.3) is 11.3 Å². The lowest BCUT2D eigenvalue weighted by atomic mass is 10.1. The summed E-state index contributed by atoms with van der Waals surface area (Å²) < 4.78 is 10.9. The number of carbonyl (C=O) groups is 1. The van der Waals surface area contributed by atoms with Crippen molar-refractivity contribution in [3.05, 3.63) is 81.1 Å². The van der Waals surface area contributed by atoms with Crippen molar-refractivity contribution in [1.29, 1.82) is 0 Å². The molecule has 0 fully saturated rings. The first kappa shape index (κ1) is 20.1. The molecule has 1 heterocycles. The third-order valence-corrected chi connectivity index (χ3v) is 4.30. The summed E-state index contributed by atoms with van der Waals surface area (Å²) >= 11 is 5.94. The number of ether oxygens (including phenoxy) is 1. The van der Waals surface area contributed by atoms with E-state index in [2.05, 4.69) is 10.5 Å². The van der Waals surface area contributed by atoms with Gasteiger partial charge in [0.05, 0.1) is 16.7 Å². The van der Waals surface area contributed by atoms with Gasteiger partial charge in [0.15, 0.2) is 6.61 Å². The van der Waals surface area contributed by atoms with Crippen molar-refractivity contribution in [3.63, 3.8) is 0 Å². The molecule has 1 aromatic heterocycles. The second kappa shape index (κ2) is 9.03. The molecule has 0 radical (unpaired) electrons. The van der Waals surface area contributed by atoms with E-state index in [1.54, 1.807) is 48.5 Å². The molecule has 3 rings (SSSR count). The zero-order valence-corrected chi connectivity index (χ0v) is 16.1. The van der Waals surface area contributed by atoms with Crippen LogP contribution in [0.3, 0.4) is 0 Å². The number of para-hydroxylation sites is 1. The van der Waals surface area contributed by atoms with Gasteiger partial charge >= 0.3 is 0 Å². The van der Waals surface area contributed by atoms with E-state index in [1.165, 1.54) is 12.3 Å². The molecular weight excluding hydrogens is 398 g/mol. The monoisotopic (exact) mass is 413 g/mol. The number of benzene rings is 2. The van der Waals surface area contributed by atoms with Gasteiger partial charge in [-0.05, 0) is 48.9 Å². The van der Waals surface area contributed by atoms with E-state index in [0.717, 1.165) is 5.56 Å². The predicted molar refractivity (Wildman–Crippen MR) is 108 cm³/mol. The molecule has 0 unspecified atom stereocenters. The van der Waals surface area contributed by atoms with Gasteiger partial charge in [-0.25, -0.2) is 5.43 Å². The van der Waals surface area contributed by atoms with Gasteiger partial charge in [0.1, 0.15) is 17.3 Å². The molecule has 2 aromatic carbocycles. The number of hydrazone groups is 1. The fourth-order valence-electron chi connectivity index (χ4n) is 2.46. The summed E-state index contributed by atoms with van der Waals surface area (Å²) in [7, 11) is 0. The Hall–Kier alpha value is -3.65. The van der Waals surface area contributed by atoms with Crippen molar-refractivity contribution in [3.8, 4) is 17.1 Å². The third kappa shape index (κ3) is 5.20. The van der Waals surface area contributed by atoms with Crippen LogP contribution in [0.4, 0.5) is 5.69 Å². The molecular formula is C20H16ClN3O5. The third-order valence-electron chi connectivity index (χ3n) is 3.87. The molecule has 0 aliphatic heterocycles. The largest absolute Gasteiger partial charge is 0.484 e. The fourth-order valence-corrected chi connectivity index (χ4v) is 2.58. The van der Waals surface area contributed by atoms with Crippen molar-refractivity contribution in [1.82, 2.24) is 5.43 Å². The lowest BCUT2D eigenvalue weighted by molar-refractivity contribution is -0.384. The van der Waals surface area contributed by atoms with Gasteiger partial charge in [-0.1, -0.05) is 23.7 Å². The summed E-state index contributed by atoms with van der Waals surface area (Å²) in [6.45, 7) is 1.61. The first-order valence-electron chi connectivity index (χ1n) is 8.48. The number of carbonyl (C=O) groups excluding carboxylic acids is 1. The van der Waals surface area contributed by atoms with Crippen LogP contribution in [-0.4, -0.2) is 23.7 Å². The van der Waals surface area contributed by atoms with E-state index in [9.17, 15) is 14.9 Å². The topological polar surface area (TPSA) is 107 Å². The molecule has 0 aliphatic rings. The summed E-state index contributed by atoms with van der Waals surface area (Å²) in [6.07, 6.45) is 1.29. The van der Waals surface area contributed by atoms with Gasteiger partial charge in [0.25, 0.3) is 11.6 Å². The number of nitro benzene ring substituents is 1. The number of hydrogen-bond acceptors (Lipinski definition) is 6. The van der Waals surface area contributed by atoms with Crippen molar-refractivity contribution < 1.29 is 18.9 Å². The van der Waals surface area contributed by atoms with Crippen molar-refractivity contribution >= 4 is 29.4 Å². The van der Waals surface area contributed by atoms with Gasteiger partial charge in [0.2, 0.25) is 0 Å². The molecule has 3 aromatic rings. The quantitative estimate of drug-likeness (QED) is 0.352. The van der Waals surface area contributed by atoms with Crippen LogP contribution in [-0.2, 0) is 4.79 Å². The zero-order chi connectivity index (χ0) is 20.8. The molecule has 1 amide bonds. The van der Waals surface area contributed by atoms with Crippen LogP contribution >= 0.6 is 11.6 Å². The van der Waals surface area contributed by atoms with Crippen molar-refractivity contribution in [2.24, 2.45) is 5.10 Å².